The van der Waals surface area contributed by atoms with Crippen LogP contribution in [0.15, 0.2) is 54.6 Å². The van der Waals surface area contributed by atoms with Crippen LogP contribution in [0.3, 0.4) is 0 Å². The van der Waals surface area contributed by atoms with Crippen LogP contribution in [-0.4, -0.2) is 53.8 Å². The van der Waals surface area contributed by atoms with Gasteiger partial charge in [0.2, 0.25) is 0 Å². The third kappa shape index (κ3) is 3.76. The van der Waals surface area contributed by atoms with Crippen molar-refractivity contribution in [3.63, 3.8) is 0 Å². The third-order valence-electron chi connectivity index (χ3n) is 5.81. The molecule has 2 aromatic carbocycles. The van der Waals surface area contributed by atoms with Gasteiger partial charge in [0.1, 0.15) is 5.84 Å². The van der Waals surface area contributed by atoms with Crippen LogP contribution in [0.25, 0.3) is 0 Å². The van der Waals surface area contributed by atoms with E-state index < -0.39 is 35.7 Å². The van der Waals surface area contributed by atoms with Gasteiger partial charge < -0.3 is 20.9 Å². The molecule has 0 spiro atoms. The van der Waals surface area contributed by atoms with Crippen LogP contribution in [0.1, 0.15) is 23.5 Å². The Kier molecular flexibility index (Phi) is 5.54. The fraction of sp³-hybridized carbons (Fsp3) is 0.273. The second-order valence-electron chi connectivity index (χ2n) is 7.72. The number of hydrogen-bond acceptors (Lipinski definition) is 6. The van der Waals surface area contributed by atoms with Gasteiger partial charge in [-0.3, -0.25) is 20.4 Å². The Hall–Kier alpha value is -3.92. The molecule has 0 unspecified atom stereocenters. The van der Waals surface area contributed by atoms with Gasteiger partial charge in [-0.2, -0.15) is 0 Å². The van der Waals surface area contributed by atoms with E-state index in [-0.39, 0.29) is 12.4 Å². The molecule has 166 valence electrons. The molecule has 0 aliphatic carbocycles. The van der Waals surface area contributed by atoms with Crippen molar-refractivity contribution in [1.29, 1.82) is 5.41 Å². The Morgan fingerprint density at radius 1 is 1.19 bits per heavy atom. The molecule has 2 heterocycles. The number of amides is 2. The van der Waals surface area contributed by atoms with Crippen LogP contribution in [0.2, 0.25) is 0 Å². The van der Waals surface area contributed by atoms with Crippen molar-refractivity contribution in [1.82, 2.24) is 10.6 Å². The minimum atomic E-state index is -1.71. The molecule has 2 aliphatic rings. The summed E-state index contributed by atoms with van der Waals surface area (Å²) >= 11 is 0. The highest BCUT2D eigenvalue weighted by molar-refractivity contribution is 5.99. The van der Waals surface area contributed by atoms with Gasteiger partial charge in [-0.15, -0.1) is 0 Å². The molecular weight excluding hydrogens is 414 g/mol. The first-order valence-electron chi connectivity index (χ1n) is 10.1. The average molecular weight is 437 g/mol. The van der Waals surface area contributed by atoms with Gasteiger partial charge in [0.25, 0.3) is 5.91 Å². The second-order valence-corrected chi connectivity index (χ2v) is 7.72. The molecule has 6 N–H and O–H groups in total. The standard InChI is InChI=1S/C22H23N5O5/c23-18(24)14-6-8-15(9-7-14)27-12-17(32-21(27)31)19(28)26-22(20(29)30)16(10-11-25-22)13-4-2-1-3-5-13/h1-9,16-17,25H,10-12H2,(H3,23,24)(H,26,28)(H,29,30)/t16-,17-,22-/m1/s1. The summed E-state index contributed by atoms with van der Waals surface area (Å²) in [6, 6.07) is 15.5. The molecule has 0 saturated carbocycles. The van der Waals surface area contributed by atoms with Crippen molar-refractivity contribution in [2.45, 2.75) is 24.1 Å². The van der Waals surface area contributed by atoms with Crippen LogP contribution in [0, 0.1) is 5.41 Å². The fourth-order valence-corrected chi connectivity index (χ4v) is 4.17. The molecule has 0 aromatic heterocycles. The highest BCUT2D eigenvalue weighted by Gasteiger charge is 2.52. The van der Waals surface area contributed by atoms with E-state index in [1.807, 2.05) is 30.3 Å². The normalized spacial score (nSPS) is 24.8. The maximum absolute atomic E-state index is 13.0. The number of hydrogen-bond donors (Lipinski definition) is 5. The number of cyclic esters (lactones) is 1. The predicted molar refractivity (Wildman–Crippen MR) is 115 cm³/mol. The van der Waals surface area contributed by atoms with E-state index in [2.05, 4.69) is 10.6 Å². The number of carboxylic acids is 1. The van der Waals surface area contributed by atoms with Crippen molar-refractivity contribution in [2.75, 3.05) is 18.0 Å². The van der Waals surface area contributed by atoms with E-state index in [1.165, 1.54) is 4.90 Å². The first-order chi connectivity index (χ1) is 15.3. The second kappa shape index (κ2) is 8.31. The number of benzene rings is 2. The minimum Gasteiger partial charge on any atom is -0.478 e. The summed E-state index contributed by atoms with van der Waals surface area (Å²) in [5, 5.41) is 23.0. The van der Waals surface area contributed by atoms with Crippen molar-refractivity contribution in [2.24, 2.45) is 5.73 Å². The number of carbonyl (C=O) groups is 3. The number of ether oxygens (including phenoxy) is 1. The van der Waals surface area contributed by atoms with Gasteiger partial charge in [0.05, 0.1) is 6.54 Å². The Bertz CT molecular complexity index is 1060. The summed E-state index contributed by atoms with van der Waals surface area (Å²) in [4.78, 5) is 38.9. The van der Waals surface area contributed by atoms with Gasteiger partial charge >= 0.3 is 12.1 Å². The van der Waals surface area contributed by atoms with Crippen LogP contribution in [0.4, 0.5) is 10.5 Å². The molecule has 10 heteroatoms. The summed E-state index contributed by atoms with van der Waals surface area (Å²) in [6.45, 7) is 0.334. The maximum Gasteiger partial charge on any atom is 0.415 e. The summed E-state index contributed by atoms with van der Waals surface area (Å²) in [7, 11) is 0. The van der Waals surface area contributed by atoms with Crippen molar-refractivity contribution < 1.29 is 24.2 Å². The predicted octanol–water partition coefficient (Wildman–Crippen LogP) is 0.970. The summed E-state index contributed by atoms with van der Waals surface area (Å²) in [5.74, 6) is -2.50. The number of aliphatic carboxylic acids is 1. The van der Waals surface area contributed by atoms with Gasteiger partial charge in [-0.1, -0.05) is 30.3 Å². The number of nitrogens with one attached hydrogen (secondary N) is 3. The Morgan fingerprint density at radius 3 is 2.50 bits per heavy atom. The third-order valence-corrected chi connectivity index (χ3v) is 5.81. The summed E-state index contributed by atoms with van der Waals surface area (Å²) in [6.07, 6.45) is -1.37. The molecule has 3 atom stereocenters. The van der Waals surface area contributed by atoms with Gasteiger partial charge in [0.15, 0.2) is 11.8 Å². The van der Waals surface area contributed by atoms with Gasteiger partial charge in [-0.25, -0.2) is 9.59 Å². The molecule has 2 aliphatic heterocycles. The number of rotatable bonds is 6. The van der Waals surface area contributed by atoms with Crippen LogP contribution in [0.5, 0.6) is 0 Å². The first-order valence-corrected chi connectivity index (χ1v) is 10.1. The molecule has 2 saturated heterocycles. The first kappa shape index (κ1) is 21.3. The molecule has 2 amide bonds. The molecule has 4 rings (SSSR count). The number of nitrogens with two attached hydrogens (primary N) is 1. The minimum absolute atomic E-state index is 0.0736. The Balaban J connectivity index is 1.52. The van der Waals surface area contributed by atoms with Crippen LogP contribution >= 0.6 is 0 Å². The van der Waals surface area contributed by atoms with Crippen molar-refractivity contribution in [3.8, 4) is 0 Å². The van der Waals surface area contributed by atoms with Crippen molar-refractivity contribution >= 4 is 29.5 Å². The highest BCUT2D eigenvalue weighted by atomic mass is 16.6. The Morgan fingerprint density at radius 2 is 1.88 bits per heavy atom. The topological polar surface area (TPSA) is 158 Å². The molecule has 2 fully saturated rings. The molecule has 2 aromatic rings. The van der Waals surface area contributed by atoms with E-state index in [1.54, 1.807) is 24.3 Å². The molecule has 0 radical (unpaired) electrons. The molecule has 32 heavy (non-hydrogen) atoms. The lowest BCUT2D eigenvalue weighted by molar-refractivity contribution is -0.150. The van der Waals surface area contributed by atoms with E-state index in [4.69, 9.17) is 15.9 Å². The zero-order valence-corrected chi connectivity index (χ0v) is 17.1. The number of nitrogen functional groups attached to an aromatic ring is 1. The number of anilines is 1. The lowest BCUT2D eigenvalue weighted by Gasteiger charge is -2.33. The number of nitrogens with zero attached hydrogens (tertiary/aromatic N) is 1. The molecule has 0 bridgehead atoms. The maximum atomic E-state index is 13.0. The molecular formula is C22H23N5O5. The highest BCUT2D eigenvalue weighted by Crippen LogP contribution is 2.35. The lowest BCUT2D eigenvalue weighted by atomic mass is 9.86. The van der Waals surface area contributed by atoms with Gasteiger partial charge in [0, 0.05) is 17.2 Å². The van der Waals surface area contributed by atoms with E-state index in [0.717, 1.165) is 5.56 Å². The largest absolute Gasteiger partial charge is 0.478 e. The lowest BCUT2D eigenvalue weighted by Crippen LogP contribution is -2.65. The summed E-state index contributed by atoms with van der Waals surface area (Å²) < 4.78 is 5.23. The number of amidine groups is 1. The smallest absolute Gasteiger partial charge is 0.415 e. The number of carboxylic acid groups (broad SMARTS) is 1. The summed E-state index contributed by atoms with van der Waals surface area (Å²) in [5.41, 5.74) is 5.50. The SMILES string of the molecule is N=C(N)c1ccc(N2C[C@H](C(=O)N[C@]3(C(=O)O)NCC[C@@H]3c3ccccc3)OC2=O)cc1. The zero-order chi connectivity index (χ0) is 22.9. The van der Waals surface area contributed by atoms with E-state index in [0.29, 0.717) is 24.2 Å². The monoisotopic (exact) mass is 437 g/mol. The molecule has 10 nitrogen and oxygen atoms in total. The Labute approximate surface area is 183 Å². The number of carbonyl (C=O) groups excluding carboxylic acids is 2. The van der Waals surface area contributed by atoms with Crippen LogP contribution in [-0.2, 0) is 14.3 Å². The van der Waals surface area contributed by atoms with E-state index >= 15 is 0 Å². The average Bonchev–Trinajstić information content (AvgIpc) is 3.39. The van der Waals surface area contributed by atoms with Gasteiger partial charge in [-0.05, 0) is 42.8 Å². The van der Waals surface area contributed by atoms with Crippen molar-refractivity contribution in [3.05, 3.63) is 65.7 Å². The van der Waals surface area contributed by atoms with E-state index in [9.17, 15) is 19.5 Å². The van der Waals surface area contributed by atoms with Crippen LogP contribution < -0.4 is 21.3 Å². The quantitative estimate of drug-likeness (QED) is 0.333. The fourth-order valence-electron chi connectivity index (χ4n) is 4.17. The zero-order valence-electron chi connectivity index (χ0n) is 17.1.